The van der Waals surface area contributed by atoms with Gasteiger partial charge in [0, 0.05) is 38.2 Å². The summed E-state index contributed by atoms with van der Waals surface area (Å²) in [5.41, 5.74) is 5.54. The molecule has 2 unspecified atom stereocenters. The molecule has 2 heterocycles. The first-order valence-corrected chi connectivity index (χ1v) is 8.83. The Morgan fingerprint density at radius 1 is 1.54 bits per heavy atom. The van der Waals surface area contributed by atoms with Gasteiger partial charge in [-0.3, -0.25) is 9.69 Å². The molecule has 0 spiro atoms. The number of methoxy groups -OCH3 is 1. The van der Waals surface area contributed by atoms with Gasteiger partial charge in [-0.1, -0.05) is 6.07 Å². The van der Waals surface area contributed by atoms with E-state index in [1.165, 1.54) is 17.7 Å². The Bertz CT molecular complexity index is 445. The van der Waals surface area contributed by atoms with Crippen molar-refractivity contribution >= 4 is 42.1 Å². The van der Waals surface area contributed by atoms with Crippen LogP contribution in [0.25, 0.3) is 0 Å². The largest absolute Gasteiger partial charge is 0.380 e. The van der Waals surface area contributed by atoms with Crippen molar-refractivity contribution < 1.29 is 9.53 Å². The van der Waals surface area contributed by atoms with Crippen molar-refractivity contribution in [1.29, 1.82) is 0 Å². The predicted molar refractivity (Wildman–Crippen MR) is 104 cm³/mol. The highest BCUT2D eigenvalue weighted by Crippen LogP contribution is 2.20. The molecule has 1 amide bonds. The first-order chi connectivity index (χ1) is 10.7. The fourth-order valence-corrected chi connectivity index (χ4v) is 3.63. The van der Waals surface area contributed by atoms with Gasteiger partial charge in [0.1, 0.15) is 0 Å². The molecule has 1 aliphatic rings. The maximum atomic E-state index is 11.9. The van der Waals surface area contributed by atoms with E-state index in [9.17, 15) is 4.79 Å². The Morgan fingerprint density at radius 3 is 2.96 bits per heavy atom. The zero-order valence-electron chi connectivity index (χ0n) is 14.1. The fourth-order valence-electron chi connectivity index (χ4n) is 2.88. The number of carbonyl (C=O) groups is 1. The minimum atomic E-state index is -0.179. The molecule has 0 saturated carbocycles. The summed E-state index contributed by atoms with van der Waals surface area (Å²) >= 11 is 1.81. The zero-order chi connectivity index (χ0) is 15.8. The molecule has 2 rings (SSSR count). The minimum Gasteiger partial charge on any atom is -0.380 e. The molecule has 1 saturated heterocycles. The summed E-state index contributed by atoms with van der Waals surface area (Å²) in [4.78, 5) is 15.8. The second-order valence-electron chi connectivity index (χ2n) is 5.92. The number of halogens is 2. The fraction of sp³-hybridized carbons (Fsp3) is 0.688. The highest BCUT2D eigenvalue weighted by atomic mass is 35.5. The van der Waals surface area contributed by atoms with Crippen LogP contribution in [-0.4, -0.2) is 50.2 Å². The van der Waals surface area contributed by atoms with Crippen LogP contribution >= 0.6 is 36.2 Å². The quantitative estimate of drug-likeness (QED) is 0.705. The van der Waals surface area contributed by atoms with Crippen molar-refractivity contribution in [2.24, 2.45) is 11.7 Å². The smallest absolute Gasteiger partial charge is 0.222 e. The molecule has 8 heteroatoms. The number of nitrogens with one attached hydrogen (secondary N) is 1. The number of carbonyl (C=O) groups excluding carboxylic acids is 1. The number of nitrogens with two attached hydrogens (primary N) is 1. The standard InChI is InChI=1S/C16H27N3O2S.2ClH/c1-21-14(9-17)8-16(20)18-10-13-4-2-6-19(11-13)12-15-5-3-7-22-15;;/h3,5,7,13-14H,2,4,6,8-12,17H2,1H3,(H,18,20);2*1H. The van der Waals surface area contributed by atoms with Crippen LogP contribution in [0.3, 0.4) is 0 Å². The third-order valence-electron chi connectivity index (χ3n) is 4.16. The number of nitrogens with zero attached hydrogens (tertiary/aromatic N) is 1. The van der Waals surface area contributed by atoms with Gasteiger partial charge < -0.3 is 15.8 Å². The van der Waals surface area contributed by atoms with E-state index < -0.39 is 0 Å². The lowest BCUT2D eigenvalue weighted by molar-refractivity contribution is -0.123. The average Bonchev–Trinajstić information content (AvgIpc) is 3.04. The maximum absolute atomic E-state index is 11.9. The van der Waals surface area contributed by atoms with Gasteiger partial charge in [-0.05, 0) is 36.8 Å². The van der Waals surface area contributed by atoms with E-state index in [2.05, 4.69) is 27.7 Å². The van der Waals surface area contributed by atoms with E-state index in [0.717, 1.165) is 26.2 Å². The van der Waals surface area contributed by atoms with Crippen molar-refractivity contribution in [2.45, 2.75) is 31.9 Å². The van der Waals surface area contributed by atoms with Crippen LogP contribution in [-0.2, 0) is 16.1 Å². The lowest BCUT2D eigenvalue weighted by Gasteiger charge is -2.32. The monoisotopic (exact) mass is 397 g/mol. The predicted octanol–water partition coefficient (Wildman–Crippen LogP) is 2.28. The Hall–Kier alpha value is -0.370. The number of amides is 1. The number of rotatable bonds is 8. The van der Waals surface area contributed by atoms with Crippen LogP contribution in [0, 0.1) is 5.92 Å². The van der Waals surface area contributed by atoms with Gasteiger partial charge in [-0.15, -0.1) is 36.2 Å². The Labute approximate surface area is 161 Å². The van der Waals surface area contributed by atoms with Gasteiger partial charge in [0.15, 0.2) is 0 Å². The van der Waals surface area contributed by atoms with Crippen molar-refractivity contribution in [3.05, 3.63) is 22.4 Å². The van der Waals surface area contributed by atoms with Crippen LogP contribution in [0.4, 0.5) is 0 Å². The van der Waals surface area contributed by atoms with Crippen LogP contribution in [0.15, 0.2) is 17.5 Å². The van der Waals surface area contributed by atoms with Gasteiger partial charge in [0.05, 0.1) is 12.5 Å². The lowest BCUT2D eigenvalue weighted by Crippen LogP contribution is -2.41. The van der Waals surface area contributed by atoms with Crippen LogP contribution in [0.5, 0.6) is 0 Å². The number of thiophene rings is 1. The highest BCUT2D eigenvalue weighted by Gasteiger charge is 2.21. The molecule has 2 atom stereocenters. The zero-order valence-corrected chi connectivity index (χ0v) is 16.6. The molecule has 1 aromatic rings. The third-order valence-corrected chi connectivity index (χ3v) is 5.02. The van der Waals surface area contributed by atoms with Gasteiger partial charge in [0.25, 0.3) is 0 Å². The van der Waals surface area contributed by atoms with Gasteiger partial charge in [-0.2, -0.15) is 0 Å². The van der Waals surface area contributed by atoms with Crippen molar-refractivity contribution in [1.82, 2.24) is 10.2 Å². The van der Waals surface area contributed by atoms with E-state index in [0.29, 0.717) is 18.9 Å². The molecule has 1 aromatic heterocycles. The van der Waals surface area contributed by atoms with Gasteiger partial charge in [-0.25, -0.2) is 0 Å². The Morgan fingerprint density at radius 2 is 2.33 bits per heavy atom. The number of piperidine rings is 1. The number of ether oxygens (including phenoxy) is 1. The third kappa shape index (κ3) is 8.14. The summed E-state index contributed by atoms with van der Waals surface area (Å²) in [7, 11) is 1.59. The molecule has 140 valence electrons. The first kappa shape index (κ1) is 23.6. The SMILES string of the molecule is COC(CN)CC(=O)NCC1CCCN(Cc2cccs2)C1.Cl.Cl. The van der Waals surface area contributed by atoms with Crippen LogP contribution < -0.4 is 11.1 Å². The average molecular weight is 398 g/mol. The van der Waals surface area contributed by atoms with E-state index in [1.54, 1.807) is 7.11 Å². The number of hydrogen-bond donors (Lipinski definition) is 2. The molecule has 1 fully saturated rings. The summed E-state index contributed by atoms with van der Waals surface area (Å²) in [6.07, 6.45) is 2.56. The lowest BCUT2D eigenvalue weighted by atomic mass is 9.98. The van der Waals surface area contributed by atoms with Crippen molar-refractivity contribution in [3.8, 4) is 0 Å². The molecule has 3 N–H and O–H groups in total. The van der Waals surface area contributed by atoms with E-state index in [1.807, 2.05) is 11.3 Å². The minimum absolute atomic E-state index is 0. The van der Waals surface area contributed by atoms with Crippen molar-refractivity contribution in [2.75, 3.05) is 33.3 Å². The molecule has 0 aliphatic carbocycles. The molecule has 0 bridgehead atoms. The normalized spacial score (nSPS) is 19.0. The molecular weight excluding hydrogens is 369 g/mol. The highest BCUT2D eigenvalue weighted by molar-refractivity contribution is 7.09. The Balaban J connectivity index is 0.00000264. The molecule has 24 heavy (non-hydrogen) atoms. The van der Waals surface area contributed by atoms with E-state index in [-0.39, 0.29) is 36.8 Å². The molecule has 1 aliphatic heterocycles. The second-order valence-corrected chi connectivity index (χ2v) is 6.96. The van der Waals surface area contributed by atoms with Crippen molar-refractivity contribution in [3.63, 3.8) is 0 Å². The molecule has 5 nitrogen and oxygen atoms in total. The summed E-state index contributed by atoms with van der Waals surface area (Å²) in [6, 6.07) is 4.29. The van der Waals surface area contributed by atoms with Crippen LogP contribution in [0.1, 0.15) is 24.1 Å². The number of likely N-dealkylation sites (tertiary alicyclic amines) is 1. The molecule has 0 aromatic carbocycles. The van der Waals surface area contributed by atoms with Gasteiger partial charge in [0.2, 0.25) is 5.91 Å². The first-order valence-electron chi connectivity index (χ1n) is 7.95. The molecule has 0 radical (unpaired) electrons. The van der Waals surface area contributed by atoms with Gasteiger partial charge >= 0.3 is 0 Å². The topological polar surface area (TPSA) is 67.6 Å². The molecular formula is C16H29Cl2N3O2S. The summed E-state index contributed by atoms with van der Waals surface area (Å²) < 4.78 is 5.14. The second kappa shape index (κ2) is 12.9. The van der Waals surface area contributed by atoms with Crippen LogP contribution in [0.2, 0.25) is 0 Å². The number of hydrogen-bond acceptors (Lipinski definition) is 5. The van der Waals surface area contributed by atoms with E-state index >= 15 is 0 Å². The van der Waals surface area contributed by atoms with E-state index in [4.69, 9.17) is 10.5 Å². The summed E-state index contributed by atoms with van der Waals surface area (Å²) in [5.74, 6) is 0.573. The Kier molecular flexibility index (Phi) is 12.7. The summed E-state index contributed by atoms with van der Waals surface area (Å²) in [5, 5.41) is 5.16. The maximum Gasteiger partial charge on any atom is 0.222 e. The summed E-state index contributed by atoms with van der Waals surface area (Å²) in [6.45, 7) is 4.37.